The van der Waals surface area contributed by atoms with Crippen LogP contribution < -0.4 is 4.90 Å². The molecule has 0 saturated carbocycles. The van der Waals surface area contributed by atoms with Gasteiger partial charge in [0.25, 0.3) is 0 Å². The molecule has 1 aliphatic heterocycles. The van der Waals surface area contributed by atoms with Crippen molar-refractivity contribution < 1.29 is 9.59 Å². The molecule has 0 aliphatic carbocycles. The zero-order valence-corrected chi connectivity index (χ0v) is 23.0. The molecule has 2 amide bonds. The van der Waals surface area contributed by atoms with Crippen LogP contribution in [0.15, 0.2) is 66.7 Å². The molecule has 200 valence electrons. The Morgan fingerprint density at radius 2 is 1.42 bits per heavy atom. The molecule has 0 atom stereocenters. The van der Waals surface area contributed by atoms with Crippen LogP contribution in [0.25, 0.3) is 22.4 Å². The molecule has 0 bridgehead atoms. The van der Waals surface area contributed by atoms with Crippen LogP contribution in [0.2, 0.25) is 0 Å². The highest BCUT2D eigenvalue weighted by atomic mass is 16.2. The molecule has 1 saturated heterocycles. The first-order chi connectivity index (χ1) is 18.3. The minimum atomic E-state index is -0.116. The number of rotatable bonds is 9. The van der Waals surface area contributed by atoms with E-state index >= 15 is 0 Å². The summed E-state index contributed by atoms with van der Waals surface area (Å²) in [5.74, 6) is 1.24. The number of carbonyl (C=O) groups is 2. The van der Waals surface area contributed by atoms with E-state index in [-0.39, 0.29) is 24.3 Å². The van der Waals surface area contributed by atoms with Gasteiger partial charge in [-0.1, -0.05) is 82.3 Å². The normalized spacial score (nSPS) is 13.7. The Labute approximate surface area is 226 Å². The van der Waals surface area contributed by atoms with Crippen molar-refractivity contribution in [1.82, 2.24) is 20.0 Å². The largest absolute Gasteiger partial charge is 0.352 e. The number of nitrogens with zero attached hydrogens (tertiary/aromatic N) is 5. The zero-order valence-electron chi connectivity index (χ0n) is 23.0. The van der Waals surface area contributed by atoms with Gasteiger partial charge in [-0.25, -0.2) is 0 Å². The Morgan fingerprint density at radius 1 is 0.789 bits per heavy atom. The van der Waals surface area contributed by atoms with E-state index in [0.29, 0.717) is 38.6 Å². The van der Waals surface area contributed by atoms with E-state index in [4.69, 9.17) is 0 Å². The average molecular weight is 514 g/mol. The SMILES string of the molecule is CC(C)CCN(CC(=O)N1CCN(c2ccc(-c3ccc(-c4ccccc4)cc3)nn2)CC1)C(=O)C(C)C. The van der Waals surface area contributed by atoms with Crippen molar-refractivity contribution >= 4 is 17.6 Å². The molecule has 3 aromatic rings. The van der Waals surface area contributed by atoms with Gasteiger partial charge < -0.3 is 14.7 Å². The molecule has 7 heteroatoms. The fourth-order valence-electron chi connectivity index (χ4n) is 4.61. The van der Waals surface area contributed by atoms with Crippen LogP contribution in [0, 0.1) is 11.8 Å². The third-order valence-corrected chi connectivity index (χ3v) is 7.00. The lowest BCUT2D eigenvalue weighted by Crippen LogP contribution is -2.52. The number of hydrogen-bond acceptors (Lipinski definition) is 5. The van der Waals surface area contributed by atoms with Crippen LogP contribution in [0.5, 0.6) is 0 Å². The van der Waals surface area contributed by atoms with E-state index in [0.717, 1.165) is 23.5 Å². The molecule has 4 rings (SSSR count). The number of anilines is 1. The highest BCUT2D eigenvalue weighted by Gasteiger charge is 2.26. The quantitative estimate of drug-likeness (QED) is 0.403. The van der Waals surface area contributed by atoms with Gasteiger partial charge in [-0.2, -0.15) is 0 Å². The lowest BCUT2D eigenvalue weighted by molar-refractivity contribution is -0.142. The lowest BCUT2D eigenvalue weighted by atomic mass is 10.0. The van der Waals surface area contributed by atoms with Gasteiger partial charge in [0.1, 0.15) is 0 Å². The Hall–Kier alpha value is -3.74. The summed E-state index contributed by atoms with van der Waals surface area (Å²) in [4.78, 5) is 31.4. The van der Waals surface area contributed by atoms with Crippen molar-refractivity contribution in [2.45, 2.75) is 34.1 Å². The molecule has 0 unspecified atom stereocenters. The van der Waals surface area contributed by atoms with Gasteiger partial charge in [0.2, 0.25) is 11.8 Å². The molecule has 1 aromatic heterocycles. The molecule has 38 heavy (non-hydrogen) atoms. The number of benzene rings is 2. The molecule has 1 fully saturated rings. The van der Waals surface area contributed by atoms with Gasteiger partial charge in [0.05, 0.1) is 12.2 Å². The molecule has 7 nitrogen and oxygen atoms in total. The Bertz CT molecular complexity index is 1190. The first-order valence-electron chi connectivity index (χ1n) is 13.6. The maximum absolute atomic E-state index is 13.0. The van der Waals surface area contributed by atoms with Crippen molar-refractivity contribution in [3.63, 3.8) is 0 Å². The Morgan fingerprint density at radius 3 is 2.00 bits per heavy atom. The number of carbonyl (C=O) groups excluding carboxylic acids is 2. The monoisotopic (exact) mass is 513 g/mol. The van der Waals surface area contributed by atoms with E-state index < -0.39 is 0 Å². The third-order valence-electron chi connectivity index (χ3n) is 7.00. The van der Waals surface area contributed by atoms with Crippen molar-refractivity contribution in [1.29, 1.82) is 0 Å². The second kappa shape index (κ2) is 12.7. The first kappa shape index (κ1) is 27.3. The van der Waals surface area contributed by atoms with E-state index in [1.54, 1.807) is 4.90 Å². The molecule has 0 N–H and O–H groups in total. The maximum atomic E-state index is 13.0. The predicted octanol–water partition coefficient (Wildman–Crippen LogP) is 4.99. The molecule has 0 radical (unpaired) electrons. The average Bonchev–Trinajstić information content (AvgIpc) is 2.95. The second-order valence-electron chi connectivity index (χ2n) is 10.7. The van der Waals surface area contributed by atoms with Crippen LogP contribution in [0.1, 0.15) is 34.1 Å². The van der Waals surface area contributed by atoms with Crippen molar-refractivity contribution in [2.75, 3.05) is 44.2 Å². The second-order valence-corrected chi connectivity index (χ2v) is 10.7. The maximum Gasteiger partial charge on any atom is 0.242 e. The highest BCUT2D eigenvalue weighted by molar-refractivity contribution is 5.85. The standard InChI is InChI=1S/C31H39N5O2/c1-23(2)16-17-36(31(38)24(3)4)22-30(37)35-20-18-34(19-21-35)29-15-14-28(32-33-29)27-12-10-26(11-13-27)25-8-6-5-7-9-25/h5-15,23-24H,16-22H2,1-4H3. The van der Waals surface area contributed by atoms with Crippen LogP contribution in [-0.4, -0.2) is 71.1 Å². The van der Waals surface area contributed by atoms with Crippen molar-refractivity contribution in [2.24, 2.45) is 11.8 Å². The molecule has 0 spiro atoms. The highest BCUT2D eigenvalue weighted by Crippen LogP contribution is 2.24. The topological polar surface area (TPSA) is 69.6 Å². The van der Waals surface area contributed by atoms with Crippen LogP contribution in [-0.2, 0) is 9.59 Å². The molecule has 2 aromatic carbocycles. The van der Waals surface area contributed by atoms with Crippen molar-refractivity contribution in [3.8, 4) is 22.4 Å². The summed E-state index contributed by atoms with van der Waals surface area (Å²) >= 11 is 0. The van der Waals surface area contributed by atoms with Gasteiger partial charge in [-0.05, 0) is 35.6 Å². The first-order valence-corrected chi connectivity index (χ1v) is 13.6. The molecule has 1 aliphatic rings. The van der Waals surface area contributed by atoms with Gasteiger partial charge in [0.15, 0.2) is 5.82 Å². The van der Waals surface area contributed by atoms with Crippen LogP contribution in [0.4, 0.5) is 5.82 Å². The van der Waals surface area contributed by atoms with Crippen molar-refractivity contribution in [3.05, 3.63) is 66.7 Å². The minimum absolute atomic E-state index is 0.0165. The predicted molar refractivity (Wildman–Crippen MR) is 153 cm³/mol. The fourth-order valence-corrected chi connectivity index (χ4v) is 4.61. The molecule has 2 heterocycles. The zero-order chi connectivity index (χ0) is 27.1. The summed E-state index contributed by atoms with van der Waals surface area (Å²) < 4.78 is 0. The smallest absolute Gasteiger partial charge is 0.242 e. The number of piperazine rings is 1. The van der Waals surface area contributed by atoms with Crippen LogP contribution in [0.3, 0.4) is 0 Å². The Balaban J connectivity index is 1.32. The Kier molecular flexibility index (Phi) is 9.10. The van der Waals surface area contributed by atoms with E-state index in [2.05, 4.69) is 65.3 Å². The number of aromatic nitrogens is 2. The number of hydrogen-bond donors (Lipinski definition) is 0. The summed E-state index contributed by atoms with van der Waals surface area (Å²) in [5.41, 5.74) is 4.21. The summed E-state index contributed by atoms with van der Waals surface area (Å²) in [7, 11) is 0. The minimum Gasteiger partial charge on any atom is -0.352 e. The lowest BCUT2D eigenvalue weighted by Gasteiger charge is -2.36. The third kappa shape index (κ3) is 6.97. The summed E-state index contributed by atoms with van der Waals surface area (Å²) in [6.07, 6.45) is 0.894. The van der Waals surface area contributed by atoms with Crippen LogP contribution >= 0.6 is 0 Å². The van der Waals surface area contributed by atoms with Gasteiger partial charge >= 0.3 is 0 Å². The molecular weight excluding hydrogens is 474 g/mol. The summed E-state index contributed by atoms with van der Waals surface area (Å²) in [6, 6.07) is 22.7. The fraction of sp³-hybridized carbons (Fsp3) is 0.419. The summed E-state index contributed by atoms with van der Waals surface area (Å²) in [6.45, 7) is 11.4. The van der Waals surface area contributed by atoms with Gasteiger partial charge in [-0.3, -0.25) is 9.59 Å². The molecular formula is C31H39N5O2. The van der Waals surface area contributed by atoms with E-state index in [1.165, 1.54) is 11.1 Å². The van der Waals surface area contributed by atoms with Gasteiger partial charge in [0, 0.05) is 44.2 Å². The summed E-state index contributed by atoms with van der Waals surface area (Å²) in [5, 5.41) is 8.95. The number of amides is 2. The van der Waals surface area contributed by atoms with E-state index in [9.17, 15) is 9.59 Å². The van der Waals surface area contributed by atoms with E-state index in [1.807, 2.05) is 49.1 Å². The van der Waals surface area contributed by atoms with Gasteiger partial charge in [-0.15, -0.1) is 10.2 Å².